The number of halogens is 2. The van der Waals surface area contributed by atoms with Gasteiger partial charge in [0, 0.05) is 34.5 Å². The number of hydrogen-bond acceptors (Lipinski definition) is 1. The molecule has 6 aromatic rings. The number of alkyl halides is 2. The van der Waals surface area contributed by atoms with Crippen LogP contribution in [-0.2, 0) is 4.79 Å². The predicted octanol–water partition coefficient (Wildman–Crippen LogP) is 7.95. The van der Waals surface area contributed by atoms with Gasteiger partial charge in [0.05, 0.1) is 22.9 Å². The third kappa shape index (κ3) is 4.20. The Balaban J connectivity index is 1.31. The number of benzene rings is 4. The minimum absolute atomic E-state index is 0.446. The molecular formula is C33H26F2N2O. The molecule has 5 heteroatoms. The van der Waals surface area contributed by atoms with E-state index in [0.717, 1.165) is 33.2 Å². The maximum absolute atomic E-state index is 14.4. The van der Waals surface area contributed by atoms with E-state index in [4.69, 9.17) is 0 Å². The summed E-state index contributed by atoms with van der Waals surface area (Å²) in [6.45, 7) is -1.76. The lowest BCUT2D eigenvalue weighted by Crippen LogP contribution is -2.23. The third-order valence-corrected chi connectivity index (χ3v) is 7.30. The van der Waals surface area contributed by atoms with Crippen LogP contribution in [0, 0.1) is 0 Å². The number of nitrogens with zero attached hydrogens (tertiary/aromatic N) is 2. The number of para-hydroxylation sites is 2. The van der Waals surface area contributed by atoms with E-state index in [1.807, 2.05) is 119 Å². The summed E-state index contributed by atoms with van der Waals surface area (Å²) in [6, 6.07) is 34.8. The van der Waals surface area contributed by atoms with Crippen LogP contribution in [0.1, 0.15) is 23.0 Å². The molecule has 0 fully saturated rings. The van der Waals surface area contributed by atoms with Gasteiger partial charge in [-0.25, -0.2) is 8.78 Å². The summed E-state index contributed by atoms with van der Waals surface area (Å²) in [5.74, 6) is -2.52. The van der Waals surface area contributed by atoms with Crippen molar-refractivity contribution < 1.29 is 13.6 Å². The van der Waals surface area contributed by atoms with E-state index < -0.39 is 31.0 Å². The third-order valence-electron chi connectivity index (χ3n) is 7.30. The van der Waals surface area contributed by atoms with Gasteiger partial charge in [0.1, 0.15) is 13.3 Å². The number of rotatable bonds is 8. The molecule has 2 heterocycles. The Bertz CT molecular complexity index is 1590. The van der Waals surface area contributed by atoms with Crippen LogP contribution in [0.25, 0.3) is 33.2 Å². The first kappa shape index (κ1) is 23.9. The fourth-order valence-corrected chi connectivity index (χ4v) is 5.28. The maximum atomic E-state index is 14.4. The first-order valence-electron chi connectivity index (χ1n) is 12.7. The second-order valence-corrected chi connectivity index (χ2v) is 9.50. The molecule has 0 spiro atoms. The fourth-order valence-electron chi connectivity index (χ4n) is 5.28. The Kier molecular flexibility index (Phi) is 6.34. The van der Waals surface area contributed by atoms with Gasteiger partial charge in [0.2, 0.25) is 0 Å². The van der Waals surface area contributed by atoms with Crippen molar-refractivity contribution in [1.29, 1.82) is 0 Å². The van der Waals surface area contributed by atoms with Gasteiger partial charge < -0.3 is 9.13 Å². The van der Waals surface area contributed by atoms with E-state index in [9.17, 15) is 13.6 Å². The molecule has 4 aromatic carbocycles. The molecule has 2 unspecified atom stereocenters. The van der Waals surface area contributed by atoms with Crippen LogP contribution in [0.15, 0.2) is 122 Å². The summed E-state index contributed by atoms with van der Waals surface area (Å²) in [5, 5.41) is 1.80. The van der Waals surface area contributed by atoms with Crippen molar-refractivity contribution in [2.75, 3.05) is 13.3 Å². The van der Waals surface area contributed by atoms with Crippen LogP contribution in [0.2, 0.25) is 0 Å². The molecule has 2 aromatic heterocycles. The number of carbonyl (C=O) groups is 1. The Morgan fingerprint density at radius 2 is 1.00 bits per heavy atom. The SMILES string of the molecule is O=C(C(CF)c1ccc2c(ccn2-c2ccccc2)c1)C(CF)c1ccc2c(ccn2-c2ccccc2)c1. The summed E-state index contributed by atoms with van der Waals surface area (Å²) in [7, 11) is 0. The van der Waals surface area contributed by atoms with Crippen molar-refractivity contribution in [3.05, 3.63) is 133 Å². The van der Waals surface area contributed by atoms with Crippen molar-refractivity contribution >= 4 is 27.6 Å². The number of aromatic nitrogens is 2. The zero-order valence-electron chi connectivity index (χ0n) is 20.7. The number of Topliss-reactive ketones (excluding diaryl/α,β-unsaturated/α-hetero) is 1. The van der Waals surface area contributed by atoms with Crippen LogP contribution in [-0.4, -0.2) is 28.3 Å². The lowest BCUT2D eigenvalue weighted by Gasteiger charge is -2.20. The quantitative estimate of drug-likeness (QED) is 0.207. The molecule has 0 bridgehead atoms. The summed E-state index contributed by atoms with van der Waals surface area (Å²) < 4.78 is 32.8. The highest BCUT2D eigenvalue weighted by Gasteiger charge is 2.30. The van der Waals surface area contributed by atoms with E-state index in [0.29, 0.717) is 11.1 Å². The number of hydrogen-bond donors (Lipinski definition) is 0. The largest absolute Gasteiger partial charge is 0.317 e. The van der Waals surface area contributed by atoms with Gasteiger partial charge >= 0.3 is 0 Å². The molecule has 2 atom stereocenters. The number of ketones is 1. The van der Waals surface area contributed by atoms with E-state index in [1.165, 1.54) is 0 Å². The van der Waals surface area contributed by atoms with Gasteiger partial charge in [-0.1, -0.05) is 48.5 Å². The molecule has 0 radical (unpaired) electrons. The van der Waals surface area contributed by atoms with Gasteiger partial charge in [0.25, 0.3) is 0 Å². The van der Waals surface area contributed by atoms with Crippen molar-refractivity contribution in [2.24, 2.45) is 0 Å². The number of carbonyl (C=O) groups excluding carboxylic acids is 1. The summed E-state index contributed by atoms with van der Waals surface area (Å²) in [5.41, 5.74) is 5.07. The van der Waals surface area contributed by atoms with Gasteiger partial charge in [-0.3, -0.25) is 4.79 Å². The molecule has 0 amide bonds. The Hall–Kier alpha value is -4.51. The maximum Gasteiger partial charge on any atom is 0.153 e. The van der Waals surface area contributed by atoms with E-state index in [-0.39, 0.29) is 0 Å². The average molecular weight is 505 g/mol. The second-order valence-electron chi connectivity index (χ2n) is 9.50. The van der Waals surface area contributed by atoms with Crippen LogP contribution < -0.4 is 0 Å². The van der Waals surface area contributed by atoms with Gasteiger partial charge in [0.15, 0.2) is 5.78 Å². The molecule has 0 saturated carbocycles. The van der Waals surface area contributed by atoms with Crippen molar-refractivity contribution in [3.8, 4) is 11.4 Å². The fraction of sp³-hybridized carbons (Fsp3) is 0.121. The minimum Gasteiger partial charge on any atom is -0.317 e. The predicted molar refractivity (Wildman–Crippen MR) is 149 cm³/mol. The molecule has 6 rings (SSSR count). The lowest BCUT2D eigenvalue weighted by atomic mass is 9.84. The molecular weight excluding hydrogens is 478 g/mol. The van der Waals surface area contributed by atoms with E-state index in [1.54, 1.807) is 12.1 Å². The van der Waals surface area contributed by atoms with Gasteiger partial charge in [-0.15, -0.1) is 0 Å². The number of fused-ring (bicyclic) bond motifs is 2. The topological polar surface area (TPSA) is 26.9 Å². The summed E-state index contributed by atoms with van der Waals surface area (Å²) in [4.78, 5) is 13.5. The summed E-state index contributed by atoms with van der Waals surface area (Å²) in [6.07, 6.45) is 3.91. The molecule has 38 heavy (non-hydrogen) atoms. The van der Waals surface area contributed by atoms with Gasteiger partial charge in [-0.05, 0) is 71.8 Å². The van der Waals surface area contributed by atoms with Crippen LogP contribution >= 0.6 is 0 Å². The normalized spacial score (nSPS) is 13.1. The minimum atomic E-state index is -1.04. The monoisotopic (exact) mass is 504 g/mol. The van der Waals surface area contributed by atoms with E-state index >= 15 is 0 Å². The zero-order chi connectivity index (χ0) is 26.1. The van der Waals surface area contributed by atoms with Crippen LogP contribution in [0.5, 0.6) is 0 Å². The molecule has 3 nitrogen and oxygen atoms in total. The highest BCUT2D eigenvalue weighted by atomic mass is 19.1. The Morgan fingerprint density at radius 3 is 1.39 bits per heavy atom. The zero-order valence-corrected chi connectivity index (χ0v) is 20.7. The average Bonchev–Trinajstić information content (AvgIpc) is 3.59. The summed E-state index contributed by atoms with van der Waals surface area (Å²) >= 11 is 0. The molecule has 0 aliphatic heterocycles. The van der Waals surface area contributed by atoms with Crippen molar-refractivity contribution in [3.63, 3.8) is 0 Å². The van der Waals surface area contributed by atoms with Crippen LogP contribution in [0.4, 0.5) is 8.78 Å². The smallest absolute Gasteiger partial charge is 0.153 e. The molecule has 0 N–H and O–H groups in total. The van der Waals surface area contributed by atoms with Gasteiger partial charge in [-0.2, -0.15) is 0 Å². The Labute approximate surface area is 219 Å². The van der Waals surface area contributed by atoms with Crippen molar-refractivity contribution in [1.82, 2.24) is 9.13 Å². The Morgan fingerprint density at radius 1 is 0.579 bits per heavy atom. The van der Waals surface area contributed by atoms with Crippen molar-refractivity contribution in [2.45, 2.75) is 11.8 Å². The highest BCUT2D eigenvalue weighted by molar-refractivity contribution is 5.94. The molecule has 0 saturated heterocycles. The standard InChI is InChI=1S/C33H26F2N2O/c34-21-29(23-11-13-31-25(19-23)15-17-36(31)27-7-3-1-4-8-27)33(38)30(22-35)24-12-14-32-26(20-24)16-18-37(32)28-9-5-2-6-10-28/h1-20,29-30H,21-22H2. The first-order valence-corrected chi connectivity index (χ1v) is 12.7. The highest BCUT2D eigenvalue weighted by Crippen LogP contribution is 2.32. The molecule has 188 valence electrons. The van der Waals surface area contributed by atoms with Crippen LogP contribution in [0.3, 0.4) is 0 Å². The van der Waals surface area contributed by atoms with E-state index in [2.05, 4.69) is 0 Å². The first-order chi connectivity index (χ1) is 18.7. The molecule has 0 aliphatic rings. The molecule has 0 aliphatic carbocycles. The second kappa shape index (κ2) is 10.1. The lowest BCUT2D eigenvalue weighted by molar-refractivity contribution is -0.122.